The maximum Gasteiger partial charge on any atom is 0.334 e. The van der Waals surface area contributed by atoms with Gasteiger partial charge >= 0.3 is 5.97 Å². The zero-order valence-electron chi connectivity index (χ0n) is 28.2. The third kappa shape index (κ3) is 23.6. The van der Waals surface area contributed by atoms with Crippen molar-refractivity contribution in [3.8, 4) is 0 Å². The molecular weight excluding hydrogens is 520 g/mol. The molecule has 248 valence electrons. The molecule has 1 rings (SSSR count). The summed E-state index contributed by atoms with van der Waals surface area (Å²) in [6.07, 6.45) is 38.5. The molecule has 0 aromatic carbocycles. The first kappa shape index (κ1) is 39.2. The lowest BCUT2D eigenvalue weighted by atomic mass is 9.99. The van der Waals surface area contributed by atoms with E-state index in [1.54, 1.807) is 0 Å². The van der Waals surface area contributed by atoms with E-state index < -0.39 is 12.2 Å². The molecule has 4 nitrogen and oxygen atoms in total. The highest BCUT2D eigenvalue weighted by Gasteiger charge is 2.21. The van der Waals surface area contributed by atoms with Crippen molar-refractivity contribution in [2.75, 3.05) is 0 Å². The Bertz CT molecular complexity index is 631. The molecule has 0 spiro atoms. The van der Waals surface area contributed by atoms with Crippen LogP contribution in [0.5, 0.6) is 0 Å². The molecule has 0 saturated carbocycles. The summed E-state index contributed by atoms with van der Waals surface area (Å²) in [4.78, 5) is 11.6. The van der Waals surface area contributed by atoms with Crippen LogP contribution in [0.4, 0.5) is 0 Å². The summed E-state index contributed by atoms with van der Waals surface area (Å²) < 4.78 is 5.15. The second kappa shape index (κ2) is 28.9. The van der Waals surface area contributed by atoms with E-state index >= 15 is 0 Å². The van der Waals surface area contributed by atoms with Gasteiger partial charge in [0.25, 0.3) is 0 Å². The number of ether oxygens (including phenoxy) is 1. The van der Waals surface area contributed by atoms with E-state index in [1.807, 2.05) is 13.0 Å². The Morgan fingerprint density at radius 3 is 1.17 bits per heavy atom. The average Bonchev–Trinajstić information content (AvgIpc) is 3.31. The molecule has 0 saturated heterocycles. The van der Waals surface area contributed by atoms with Gasteiger partial charge < -0.3 is 14.9 Å². The standard InChI is InChI=1S/C38H72O4/c1-3-4-5-6-7-8-9-10-11-12-16-19-22-25-28-31-36(39)37(40)32-29-26-23-20-17-14-13-15-18-21-24-27-30-35-33-34(2)42-38(35)41/h33-34,36-37,39-40H,3-32H2,1-2H3. The van der Waals surface area contributed by atoms with Crippen LogP contribution in [0.2, 0.25) is 0 Å². The van der Waals surface area contributed by atoms with Gasteiger partial charge in [-0.3, -0.25) is 0 Å². The van der Waals surface area contributed by atoms with Gasteiger partial charge in [-0.15, -0.1) is 0 Å². The van der Waals surface area contributed by atoms with Crippen LogP contribution in [-0.2, 0) is 9.53 Å². The Morgan fingerprint density at radius 2 is 0.857 bits per heavy atom. The largest absolute Gasteiger partial charge is 0.455 e. The monoisotopic (exact) mass is 593 g/mol. The lowest BCUT2D eigenvalue weighted by Crippen LogP contribution is -2.25. The van der Waals surface area contributed by atoms with E-state index in [0.717, 1.165) is 44.1 Å². The lowest BCUT2D eigenvalue weighted by molar-refractivity contribution is -0.139. The maximum absolute atomic E-state index is 11.6. The van der Waals surface area contributed by atoms with Gasteiger partial charge in [0.15, 0.2) is 0 Å². The summed E-state index contributed by atoms with van der Waals surface area (Å²) in [6, 6.07) is 0. The number of aliphatic hydroxyl groups is 2. The van der Waals surface area contributed by atoms with Crippen molar-refractivity contribution >= 4 is 5.97 Å². The van der Waals surface area contributed by atoms with Crippen molar-refractivity contribution in [1.29, 1.82) is 0 Å². The van der Waals surface area contributed by atoms with Crippen molar-refractivity contribution in [3.63, 3.8) is 0 Å². The molecule has 2 N–H and O–H groups in total. The quantitative estimate of drug-likeness (QED) is 0.0602. The van der Waals surface area contributed by atoms with Gasteiger partial charge in [-0.2, -0.15) is 0 Å². The molecule has 3 atom stereocenters. The summed E-state index contributed by atoms with van der Waals surface area (Å²) in [5.74, 6) is -0.109. The molecule has 0 radical (unpaired) electrons. The third-order valence-corrected chi connectivity index (χ3v) is 9.23. The molecule has 3 unspecified atom stereocenters. The molecule has 1 aliphatic rings. The van der Waals surface area contributed by atoms with Crippen LogP contribution in [0.3, 0.4) is 0 Å². The number of carbonyl (C=O) groups excluding carboxylic acids is 1. The van der Waals surface area contributed by atoms with Gasteiger partial charge in [0.2, 0.25) is 0 Å². The molecule has 0 aliphatic carbocycles. The molecule has 4 heteroatoms. The predicted molar refractivity (Wildman–Crippen MR) is 180 cm³/mol. The SMILES string of the molecule is CCCCCCCCCCCCCCCCCC(O)C(O)CCCCCCCCCCCCCCC1=CC(C)OC1=O. The van der Waals surface area contributed by atoms with Gasteiger partial charge in [0, 0.05) is 5.57 Å². The summed E-state index contributed by atoms with van der Waals surface area (Å²) in [5.41, 5.74) is 0.878. The van der Waals surface area contributed by atoms with Gasteiger partial charge in [0.05, 0.1) is 12.2 Å². The van der Waals surface area contributed by atoms with E-state index in [-0.39, 0.29) is 12.1 Å². The summed E-state index contributed by atoms with van der Waals surface area (Å²) in [5, 5.41) is 20.6. The first-order valence-electron chi connectivity index (χ1n) is 18.8. The van der Waals surface area contributed by atoms with Crippen LogP contribution < -0.4 is 0 Å². The zero-order valence-corrected chi connectivity index (χ0v) is 28.2. The Hall–Kier alpha value is -0.870. The molecule has 0 fully saturated rings. The average molecular weight is 593 g/mol. The summed E-state index contributed by atoms with van der Waals surface area (Å²) in [7, 11) is 0. The topological polar surface area (TPSA) is 66.8 Å². The van der Waals surface area contributed by atoms with Crippen molar-refractivity contribution in [3.05, 3.63) is 11.6 Å². The van der Waals surface area contributed by atoms with Crippen LogP contribution in [-0.4, -0.2) is 34.5 Å². The number of hydrogen-bond donors (Lipinski definition) is 2. The number of aliphatic hydroxyl groups excluding tert-OH is 2. The molecule has 1 aliphatic heterocycles. The van der Waals surface area contributed by atoms with Crippen molar-refractivity contribution < 1.29 is 19.7 Å². The summed E-state index contributed by atoms with van der Waals surface area (Å²) in [6.45, 7) is 4.20. The zero-order chi connectivity index (χ0) is 30.5. The molecule has 0 aromatic heterocycles. The Kier molecular flexibility index (Phi) is 26.9. The van der Waals surface area contributed by atoms with Gasteiger partial charge in [-0.25, -0.2) is 4.79 Å². The molecule has 42 heavy (non-hydrogen) atoms. The fourth-order valence-corrected chi connectivity index (χ4v) is 6.36. The lowest BCUT2D eigenvalue weighted by Gasteiger charge is -2.17. The molecule has 1 heterocycles. The molecule has 0 bridgehead atoms. The second-order valence-electron chi connectivity index (χ2n) is 13.5. The second-order valence-corrected chi connectivity index (χ2v) is 13.5. The minimum Gasteiger partial charge on any atom is -0.455 e. The fraction of sp³-hybridized carbons (Fsp3) is 0.921. The minimum absolute atomic E-state index is 0.0366. The van der Waals surface area contributed by atoms with E-state index in [9.17, 15) is 15.0 Å². The normalized spacial score (nSPS) is 16.5. The number of unbranched alkanes of at least 4 members (excludes halogenated alkanes) is 25. The van der Waals surface area contributed by atoms with E-state index in [4.69, 9.17) is 4.74 Å². The maximum atomic E-state index is 11.6. The van der Waals surface area contributed by atoms with Crippen molar-refractivity contribution in [2.24, 2.45) is 0 Å². The van der Waals surface area contributed by atoms with Crippen LogP contribution >= 0.6 is 0 Å². The van der Waals surface area contributed by atoms with Gasteiger partial charge in [0.1, 0.15) is 6.10 Å². The van der Waals surface area contributed by atoms with Gasteiger partial charge in [-0.1, -0.05) is 174 Å². The van der Waals surface area contributed by atoms with Crippen LogP contribution in [0, 0.1) is 0 Å². The molecule has 0 amide bonds. The van der Waals surface area contributed by atoms with E-state index in [0.29, 0.717) is 0 Å². The van der Waals surface area contributed by atoms with Crippen molar-refractivity contribution in [2.45, 2.75) is 225 Å². The van der Waals surface area contributed by atoms with E-state index in [1.165, 1.54) is 154 Å². The van der Waals surface area contributed by atoms with Gasteiger partial charge in [-0.05, 0) is 38.7 Å². The first-order chi connectivity index (χ1) is 20.5. The third-order valence-electron chi connectivity index (χ3n) is 9.23. The van der Waals surface area contributed by atoms with Crippen LogP contribution in [0.15, 0.2) is 11.6 Å². The fourth-order valence-electron chi connectivity index (χ4n) is 6.36. The molecular formula is C38H72O4. The Morgan fingerprint density at radius 1 is 0.548 bits per heavy atom. The number of cyclic esters (lactones) is 1. The first-order valence-corrected chi connectivity index (χ1v) is 18.8. The number of esters is 1. The smallest absolute Gasteiger partial charge is 0.334 e. The summed E-state index contributed by atoms with van der Waals surface area (Å²) >= 11 is 0. The Balaban J connectivity index is 1.75. The number of carbonyl (C=O) groups is 1. The van der Waals surface area contributed by atoms with E-state index in [2.05, 4.69) is 6.92 Å². The van der Waals surface area contributed by atoms with Crippen LogP contribution in [0.1, 0.15) is 206 Å². The highest BCUT2D eigenvalue weighted by Crippen LogP contribution is 2.21. The number of hydrogen-bond acceptors (Lipinski definition) is 4. The highest BCUT2D eigenvalue weighted by molar-refractivity contribution is 5.90. The predicted octanol–water partition coefficient (Wildman–Crippen LogP) is 11.3. The van der Waals surface area contributed by atoms with Crippen molar-refractivity contribution in [1.82, 2.24) is 0 Å². The minimum atomic E-state index is -0.538. The van der Waals surface area contributed by atoms with Crippen LogP contribution in [0.25, 0.3) is 0 Å². The highest BCUT2D eigenvalue weighted by atomic mass is 16.5. The Labute approximate surface area is 261 Å². The molecule has 0 aromatic rings. The number of rotatable bonds is 32.